The van der Waals surface area contributed by atoms with Crippen LogP contribution in [0.1, 0.15) is 23.7 Å². The molecule has 0 unspecified atom stereocenters. The monoisotopic (exact) mass is 270 g/mol. The van der Waals surface area contributed by atoms with E-state index >= 15 is 0 Å². The summed E-state index contributed by atoms with van der Waals surface area (Å²) < 4.78 is 10.3. The summed E-state index contributed by atoms with van der Waals surface area (Å²) in [6.07, 6.45) is 1.88. The lowest BCUT2D eigenvalue weighted by atomic mass is 10.2. The molecule has 8 heteroatoms. The van der Waals surface area contributed by atoms with Crippen LogP contribution in [-0.4, -0.2) is 40.8 Å². The molecule has 1 N–H and O–H groups in total. The number of rotatable bonds is 8. The van der Waals surface area contributed by atoms with Crippen LogP contribution in [0, 0.1) is 10.1 Å². The summed E-state index contributed by atoms with van der Waals surface area (Å²) in [5.74, 6) is -1.50. The molecule has 0 aliphatic rings. The van der Waals surface area contributed by atoms with Crippen molar-refractivity contribution in [3.63, 3.8) is 0 Å². The second-order valence-electron chi connectivity index (χ2n) is 3.57. The summed E-state index contributed by atoms with van der Waals surface area (Å²) >= 11 is 0. The fourth-order valence-corrected chi connectivity index (χ4v) is 1.24. The number of aromatic carboxylic acids is 1. The fraction of sp³-hybridized carbons (Fsp3) is 0.455. The highest BCUT2D eigenvalue weighted by Crippen LogP contribution is 2.24. The van der Waals surface area contributed by atoms with Crippen LogP contribution in [0.25, 0.3) is 0 Å². The maximum absolute atomic E-state index is 10.8. The van der Waals surface area contributed by atoms with E-state index in [-0.39, 0.29) is 24.7 Å². The number of carboxylic acid groups (broad SMARTS) is 1. The SMILES string of the molecule is CCCOCCOc1ncc(C(=O)O)cc1[N+](=O)[O-]. The third-order valence-corrected chi connectivity index (χ3v) is 2.09. The van der Waals surface area contributed by atoms with Crippen molar-refractivity contribution < 1.29 is 24.3 Å². The van der Waals surface area contributed by atoms with Gasteiger partial charge in [0.1, 0.15) is 6.61 Å². The number of carboxylic acids is 1. The van der Waals surface area contributed by atoms with E-state index in [2.05, 4.69) is 4.98 Å². The molecular formula is C11H14N2O6. The van der Waals surface area contributed by atoms with Crippen LogP contribution in [0.2, 0.25) is 0 Å². The van der Waals surface area contributed by atoms with Crippen molar-refractivity contribution >= 4 is 11.7 Å². The third kappa shape index (κ3) is 4.51. The van der Waals surface area contributed by atoms with Gasteiger partial charge < -0.3 is 14.6 Å². The Morgan fingerprint density at radius 3 is 2.79 bits per heavy atom. The minimum absolute atomic E-state index is 0.111. The predicted octanol–water partition coefficient (Wildman–Crippen LogP) is 1.49. The summed E-state index contributed by atoms with van der Waals surface area (Å²) in [5, 5.41) is 19.5. The van der Waals surface area contributed by atoms with Gasteiger partial charge >= 0.3 is 11.7 Å². The van der Waals surface area contributed by atoms with Gasteiger partial charge in [-0.2, -0.15) is 0 Å². The number of nitro groups is 1. The van der Waals surface area contributed by atoms with E-state index in [1.54, 1.807) is 0 Å². The molecule has 0 amide bonds. The molecular weight excluding hydrogens is 256 g/mol. The highest BCUT2D eigenvalue weighted by Gasteiger charge is 2.20. The average Bonchev–Trinajstić information content (AvgIpc) is 2.38. The van der Waals surface area contributed by atoms with Crippen LogP contribution in [0.3, 0.4) is 0 Å². The number of hydrogen-bond acceptors (Lipinski definition) is 6. The zero-order valence-corrected chi connectivity index (χ0v) is 10.4. The lowest BCUT2D eigenvalue weighted by Gasteiger charge is -2.06. The minimum Gasteiger partial charge on any atom is -0.478 e. The van der Waals surface area contributed by atoms with Gasteiger partial charge in [0.05, 0.1) is 17.1 Å². The van der Waals surface area contributed by atoms with Crippen molar-refractivity contribution in [3.05, 3.63) is 27.9 Å². The number of nitrogens with zero attached hydrogens (tertiary/aromatic N) is 2. The Bertz CT molecular complexity index is 462. The first kappa shape index (κ1) is 14.8. The Hall–Kier alpha value is -2.22. The van der Waals surface area contributed by atoms with Crippen LogP contribution in [0.4, 0.5) is 5.69 Å². The average molecular weight is 270 g/mol. The highest BCUT2D eigenvalue weighted by atomic mass is 16.6. The summed E-state index contributed by atoms with van der Waals surface area (Å²) in [6.45, 7) is 2.93. The maximum atomic E-state index is 10.8. The van der Waals surface area contributed by atoms with E-state index in [1.807, 2.05) is 6.92 Å². The summed E-state index contributed by atoms with van der Waals surface area (Å²) in [6, 6.07) is 0.914. The molecule has 1 aromatic rings. The van der Waals surface area contributed by atoms with Crippen molar-refractivity contribution in [1.29, 1.82) is 0 Å². The van der Waals surface area contributed by atoms with E-state index in [0.717, 1.165) is 18.7 Å². The largest absolute Gasteiger partial charge is 0.478 e. The minimum atomic E-state index is -1.28. The molecule has 0 bridgehead atoms. The lowest BCUT2D eigenvalue weighted by Crippen LogP contribution is -2.10. The van der Waals surface area contributed by atoms with E-state index in [0.29, 0.717) is 6.61 Å². The van der Waals surface area contributed by atoms with E-state index in [9.17, 15) is 14.9 Å². The lowest BCUT2D eigenvalue weighted by molar-refractivity contribution is -0.386. The normalized spacial score (nSPS) is 10.2. The summed E-state index contributed by atoms with van der Waals surface area (Å²) in [5.41, 5.74) is -0.739. The van der Waals surface area contributed by atoms with Gasteiger partial charge in [-0.05, 0) is 6.42 Å². The Kier molecular flexibility index (Phi) is 5.68. The number of aromatic nitrogens is 1. The topological polar surface area (TPSA) is 112 Å². The van der Waals surface area contributed by atoms with E-state index < -0.39 is 16.6 Å². The van der Waals surface area contributed by atoms with Crippen molar-refractivity contribution in [3.8, 4) is 5.88 Å². The third-order valence-electron chi connectivity index (χ3n) is 2.09. The van der Waals surface area contributed by atoms with Gasteiger partial charge in [-0.15, -0.1) is 0 Å². The van der Waals surface area contributed by atoms with Crippen LogP contribution < -0.4 is 4.74 Å². The van der Waals surface area contributed by atoms with E-state index in [1.165, 1.54) is 0 Å². The van der Waals surface area contributed by atoms with Crippen LogP contribution >= 0.6 is 0 Å². The van der Waals surface area contributed by atoms with Crippen molar-refractivity contribution in [2.75, 3.05) is 19.8 Å². The first-order valence-electron chi connectivity index (χ1n) is 5.64. The zero-order valence-electron chi connectivity index (χ0n) is 10.4. The molecule has 0 saturated heterocycles. The van der Waals surface area contributed by atoms with E-state index in [4.69, 9.17) is 14.6 Å². The molecule has 0 saturated carbocycles. The molecule has 0 aliphatic carbocycles. The Morgan fingerprint density at radius 1 is 1.47 bits per heavy atom. The van der Waals surface area contributed by atoms with Crippen LogP contribution in [0.5, 0.6) is 5.88 Å². The van der Waals surface area contributed by atoms with Crippen LogP contribution in [-0.2, 0) is 4.74 Å². The molecule has 8 nitrogen and oxygen atoms in total. The van der Waals surface area contributed by atoms with Gasteiger partial charge in [-0.25, -0.2) is 9.78 Å². The summed E-state index contributed by atoms with van der Waals surface area (Å²) in [4.78, 5) is 24.4. The first-order valence-corrected chi connectivity index (χ1v) is 5.64. The predicted molar refractivity (Wildman–Crippen MR) is 64.5 cm³/mol. The molecule has 104 valence electrons. The number of ether oxygens (including phenoxy) is 2. The van der Waals surface area contributed by atoms with Crippen molar-refractivity contribution in [1.82, 2.24) is 4.98 Å². The molecule has 0 spiro atoms. The Balaban J connectivity index is 2.71. The highest BCUT2D eigenvalue weighted by molar-refractivity contribution is 5.88. The molecule has 0 radical (unpaired) electrons. The fourth-order valence-electron chi connectivity index (χ4n) is 1.24. The molecule has 0 atom stereocenters. The van der Waals surface area contributed by atoms with Gasteiger partial charge in [0.25, 0.3) is 5.88 Å². The van der Waals surface area contributed by atoms with Crippen LogP contribution in [0.15, 0.2) is 12.3 Å². The van der Waals surface area contributed by atoms with Gasteiger partial charge in [-0.1, -0.05) is 6.92 Å². The standard InChI is InChI=1S/C11H14N2O6/c1-2-3-18-4-5-19-10-9(13(16)17)6-8(7-12-10)11(14)15/h6-7H,2-5H2,1H3,(H,14,15). The molecule has 19 heavy (non-hydrogen) atoms. The quantitative estimate of drug-likeness (QED) is 0.432. The number of carbonyl (C=O) groups is 1. The van der Waals surface area contributed by atoms with Gasteiger partial charge in [-0.3, -0.25) is 10.1 Å². The van der Waals surface area contributed by atoms with Crippen molar-refractivity contribution in [2.24, 2.45) is 0 Å². The second kappa shape index (κ2) is 7.27. The molecule has 1 heterocycles. The number of pyridine rings is 1. The maximum Gasteiger partial charge on any atom is 0.337 e. The Morgan fingerprint density at radius 2 is 2.21 bits per heavy atom. The van der Waals surface area contributed by atoms with Crippen molar-refractivity contribution in [2.45, 2.75) is 13.3 Å². The molecule has 1 aromatic heterocycles. The Labute approximate surface area is 109 Å². The number of hydrogen-bond donors (Lipinski definition) is 1. The molecule has 0 aliphatic heterocycles. The second-order valence-corrected chi connectivity index (χ2v) is 3.57. The smallest absolute Gasteiger partial charge is 0.337 e. The molecule has 0 aromatic carbocycles. The first-order chi connectivity index (χ1) is 9.06. The van der Waals surface area contributed by atoms with Gasteiger partial charge in [0, 0.05) is 18.9 Å². The van der Waals surface area contributed by atoms with Gasteiger partial charge in [0.15, 0.2) is 0 Å². The summed E-state index contributed by atoms with van der Waals surface area (Å²) in [7, 11) is 0. The molecule has 0 fully saturated rings. The zero-order chi connectivity index (χ0) is 14.3. The molecule has 1 rings (SSSR count). The van der Waals surface area contributed by atoms with Gasteiger partial charge in [0.2, 0.25) is 0 Å².